The molecular formula is C12H14ClNO3. The van der Waals surface area contributed by atoms with E-state index in [-0.39, 0.29) is 10.7 Å². The van der Waals surface area contributed by atoms with Crippen LogP contribution in [0.25, 0.3) is 0 Å². The van der Waals surface area contributed by atoms with Gasteiger partial charge in [-0.05, 0) is 24.8 Å². The van der Waals surface area contributed by atoms with Crippen LogP contribution in [0.5, 0.6) is 5.88 Å². The summed E-state index contributed by atoms with van der Waals surface area (Å²) < 4.78 is 5.50. The van der Waals surface area contributed by atoms with Crippen molar-refractivity contribution in [1.29, 1.82) is 0 Å². The van der Waals surface area contributed by atoms with Crippen LogP contribution >= 0.6 is 11.6 Å². The maximum atomic E-state index is 10.8. The minimum atomic E-state index is -1.03. The van der Waals surface area contributed by atoms with E-state index >= 15 is 0 Å². The summed E-state index contributed by atoms with van der Waals surface area (Å²) in [6, 6.07) is 2.72. The van der Waals surface area contributed by atoms with E-state index in [0.29, 0.717) is 18.4 Å². The van der Waals surface area contributed by atoms with Crippen molar-refractivity contribution >= 4 is 17.6 Å². The average molecular weight is 256 g/mol. The lowest BCUT2D eigenvalue weighted by molar-refractivity contribution is 0.0696. The van der Waals surface area contributed by atoms with Crippen molar-refractivity contribution in [2.24, 2.45) is 5.92 Å². The first kappa shape index (κ1) is 12.2. The summed E-state index contributed by atoms with van der Waals surface area (Å²) in [6.45, 7) is 0.590. The number of carbonyl (C=O) groups is 1. The second kappa shape index (κ2) is 5.36. The predicted octanol–water partition coefficient (Wildman–Crippen LogP) is 3.00. The highest BCUT2D eigenvalue weighted by atomic mass is 35.5. The van der Waals surface area contributed by atoms with E-state index < -0.39 is 5.97 Å². The van der Waals surface area contributed by atoms with Crippen molar-refractivity contribution in [3.63, 3.8) is 0 Å². The molecule has 1 saturated carbocycles. The molecule has 1 aliphatic carbocycles. The normalized spacial score (nSPS) is 16.1. The van der Waals surface area contributed by atoms with Crippen molar-refractivity contribution < 1.29 is 14.6 Å². The SMILES string of the molecule is O=C(O)c1cc(Cl)nc(OCC2CCCC2)c1. The molecule has 1 aliphatic rings. The summed E-state index contributed by atoms with van der Waals surface area (Å²) in [7, 11) is 0. The van der Waals surface area contributed by atoms with Gasteiger partial charge in [-0.1, -0.05) is 24.4 Å². The Kier molecular flexibility index (Phi) is 3.84. The van der Waals surface area contributed by atoms with Crippen LogP contribution < -0.4 is 4.74 Å². The van der Waals surface area contributed by atoms with Crippen LogP contribution in [0.2, 0.25) is 5.15 Å². The number of hydrogen-bond acceptors (Lipinski definition) is 3. The van der Waals surface area contributed by atoms with E-state index in [0.717, 1.165) is 0 Å². The first-order valence-electron chi connectivity index (χ1n) is 5.69. The van der Waals surface area contributed by atoms with E-state index in [1.54, 1.807) is 0 Å². The van der Waals surface area contributed by atoms with Gasteiger partial charge in [-0.2, -0.15) is 0 Å². The Bertz CT molecular complexity index is 416. The topological polar surface area (TPSA) is 59.4 Å². The first-order valence-corrected chi connectivity index (χ1v) is 6.06. The zero-order valence-corrected chi connectivity index (χ0v) is 10.1. The number of aromatic nitrogens is 1. The molecule has 92 valence electrons. The fraction of sp³-hybridized carbons (Fsp3) is 0.500. The third kappa shape index (κ3) is 3.33. The molecule has 2 rings (SSSR count). The third-order valence-electron chi connectivity index (χ3n) is 2.96. The van der Waals surface area contributed by atoms with Crippen molar-refractivity contribution in [1.82, 2.24) is 4.98 Å². The summed E-state index contributed by atoms with van der Waals surface area (Å²) in [4.78, 5) is 14.8. The minimum absolute atomic E-state index is 0.103. The second-order valence-corrected chi connectivity index (χ2v) is 4.67. The van der Waals surface area contributed by atoms with Gasteiger partial charge in [-0.25, -0.2) is 9.78 Å². The van der Waals surface area contributed by atoms with E-state index in [2.05, 4.69) is 4.98 Å². The molecule has 0 amide bonds. The molecule has 1 heterocycles. The summed E-state index contributed by atoms with van der Waals surface area (Å²) in [5, 5.41) is 9.02. The van der Waals surface area contributed by atoms with Gasteiger partial charge in [0.25, 0.3) is 0 Å². The van der Waals surface area contributed by atoms with E-state index in [1.165, 1.54) is 37.8 Å². The quantitative estimate of drug-likeness (QED) is 0.841. The molecule has 0 unspecified atom stereocenters. The number of carboxylic acids is 1. The molecule has 1 aromatic heterocycles. The fourth-order valence-corrected chi connectivity index (χ4v) is 2.25. The number of rotatable bonds is 4. The summed E-state index contributed by atoms with van der Waals surface area (Å²) in [5.41, 5.74) is 0.103. The lowest BCUT2D eigenvalue weighted by Crippen LogP contribution is -2.09. The zero-order chi connectivity index (χ0) is 12.3. The highest BCUT2D eigenvalue weighted by Crippen LogP contribution is 2.25. The summed E-state index contributed by atoms with van der Waals surface area (Å²) in [5.74, 6) is -0.175. The maximum absolute atomic E-state index is 10.8. The van der Waals surface area contributed by atoms with Gasteiger partial charge in [-0.3, -0.25) is 0 Å². The van der Waals surface area contributed by atoms with Crippen LogP contribution in [0, 0.1) is 5.92 Å². The van der Waals surface area contributed by atoms with Crippen LogP contribution in [-0.2, 0) is 0 Å². The molecule has 1 aromatic rings. The molecule has 0 radical (unpaired) electrons. The molecule has 5 heteroatoms. The lowest BCUT2D eigenvalue weighted by Gasteiger charge is -2.11. The number of aromatic carboxylic acids is 1. The van der Waals surface area contributed by atoms with Gasteiger partial charge in [0.2, 0.25) is 5.88 Å². The molecule has 0 aliphatic heterocycles. The first-order chi connectivity index (χ1) is 8.15. The average Bonchev–Trinajstić information content (AvgIpc) is 2.78. The van der Waals surface area contributed by atoms with Crippen LogP contribution in [-0.4, -0.2) is 22.7 Å². The Balaban J connectivity index is 2.01. The number of ether oxygens (including phenoxy) is 1. The number of carboxylic acid groups (broad SMARTS) is 1. The Morgan fingerprint density at radius 2 is 2.18 bits per heavy atom. The minimum Gasteiger partial charge on any atom is -0.478 e. The molecule has 0 aromatic carbocycles. The molecule has 0 atom stereocenters. The number of halogens is 1. The number of hydrogen-bond donors (Lipinski definition) is 1. The Morgan fingerprint density at radius 3 is 2.82 bits per heavy atom. The van der Waals surface area contributed by atoms with Gasteiger partial charge in [0.15, 0.2) is 0 Å². The molecule has 0 bridgehead atoms. The van der Waals surface area contributed by atoms with Gasteiger partial charge < -0.3 is 9.84 Å². The molecule has 0 spiro atoms. The van der Waals surface area contributed by atoms with Crippen LogP contribution in [0.15, 0.2) is 12.1 Å². The van der Waals surface area contributed by atoms with Crippen LogP contribution in [0.1, 0.15) is 36.0 Å². The Labute approximate surface area is 105 Å². The molecule has 1 fully saturated rings. The number of pyridine rings is 1. The van der Waals surface area contributed by atoms with E-state index in [1.807, 2.05) is 0 Å². The highest BCUT2D eigenvalue weighted by molar-refractivity contribution is 6.29. The standard InChI is InChI=1S/C12H14ClNO3/c13-10-5-9(12(15)16)6-11(14-10)17-7-8-3-1-2-4-8/h5-6,8H,1-4,7H2,(H,15,16). The van der Waals surface area contributed by atoms with Gasteiger partial charge >= 0.3 is 5.97 Å². The van der Waals surface area contributed by atoms with Gasteiger partial charge in [0.05, 0.1) is 12.2 Å². The zero-order valence-electron chi connectivity index (χ0n) is 9.36. The smallest absolute Gasteiger partial charge is 0.335 e. The Hall–Kier alpha value is -1.29. The van der Waals surface area contributed by atoms with Crippen LogP contribution in [0.3, 0.4) is 0 Å². The van der Waals surface area contributed by atoms with Crippen molar-refractivity contribution in [3.8, 4) is 5.88 Å². The Morgan fingerprint density at radius 1 is 1.47 bits per heavy atom. The third-order valence-corrected chi connectivity index (χ3v) is 3.15. The lowest BCUT2D eigenvalue weighted by atomic mass is 10.1. The van der Waals surface area contributed by atoms with Gasteiger partial charge in [-0.15, -0.1) is 0 Å². The monoisotopic (exact) mass is 255 g/mol. The highest BCUT2D eigenvalue weighted by Gasteiger charge is 2.16. The molecule has 4 nitrogen and oxygen atoms in total. The molecule has 1 N–H and O–H groups in total. The van der Waals surface area contributed by atoms with E-state index in [4.69, 9.17) is 21.4 Å². The number of nitrogens with zero attached hydrogens (tertiary/aromatic N) is 1. The van der Waals surface area contributed by atoms with Gasteiger partial charge in [0.1, 0.15) is 5.15 Å². The van der Waals surface area contributed by atoms with Crippen molar-refractivity contribution in [3.05, 3.63) is 22.8 Å². The fourth-order valence-electron chi connectivity index (χ4n) is 2.05. The largest absolute Gasteiger partial charge is 0.478 e. The maximum Gasteiger partial charge on any atom is 0.335 e. The van der Waals surface area contributed by atoms with Crippen molar-refractivity contribution in [2.45, 2.75) is 25.7 Å². The van der Waals surface area contributed by atoms with E-state index in [9.17, 15) is 4.79 Å². The predicted molar refractivity (Wildman–Crippen MR) is 63.7 cm³/mol. The second-order valence-electron chi connectivity index (χ2n) is 4.28. The summed E-state index contributed by atoms with van der Waals surface area (Å²) in [6.07, 6.45) is 4.84. The van der Waals surface area contributed by atoms with Gasteiger partial charge in [0, 0.05) is 6.07 Å². The summed E-state index contributed by atoms with van der Waals surface area (Å²) >= 11 is 5.74. The molecule has 0 saturated heterocycles. The molecule has 17 heavy (non-hydrogen) atoms. The van der Waals surface area contributed by atoms with Crippen LogP contribution in [0.4, 0.5) is 0 Å². The van der Waals surface area contributed by atoms with Crippen molar-refractivity contribution in [2.75, 3.05) is 6.61 Å². The molecular weight excluding hydrogens is 242 g/mol.